The van der Waals surface area contributed by atoms with Gasteiger partial charge in [0.1, 0.15) is 0 Å². The molecule has 0 aromatic carbocycles. The van der Waals surface area contributed by atoms with Crippen molar-refractivity contribution in [1.82, 2.24) is 9.97 Å². The summed E-state index contributed by atoms with van der Waals surface area (Å²) in [5, 5.41) is 0. The predicted molar refractivity (Wildman–Crippen MR) is 87.9 cm³/mol. The fraction of sp³-hybridized carbons (Fsp3) is 0.812. The van der Waals surface area contributed by atoms with Crippen LogP contribution in [0.2, 0.25) is 13.3 Å². The topological polar surface area (TPSA) is 28.7 Å². The molecule has 0 radical (unpaired) electrons. The van der Waals surface area contributed by atoms with Gasteiger partial charge in [0.15, 0.2) is 0 Å². The Hall–Kier alpha value is 0.00870. The van der Waals surface area contributed by atoms with E-state index in [1.54, 1.807) is 0 Å². The van der Waals surface area contributed by atoms with E-state index in [1.165, 1.54) is 61.4 Å². The van der Waals surface area contributed by atoms with Crippen LogP contribution in [0.5, 0.6) is 0 Å². The minimum absolute atomic E-state index is 1.25. The quantitative estimate of drug-likeness (QED) is 0.590. The Kier molecular flexibility index (Phi) is 8.12. The van der Waals surface area contributed by atoms with E-state index in [4.69, 9.17) is 4.98 Å². The van der Waals surface area contributed by atoms with Gasteiger partial charge >= 0.3 is 124 Å². The Morgan fingerprint density at radius 1 is 0.947 bits per heavy atom. The van der Waals surface area contributed by atoms with Crippen LogP contribution in [0.15, 0.2) is 6.20 Å². The van der Waals surface area contributed by atoms with Crippen molar-refractivity contribution < 1.29 is 0 Å². The van der Waals surface area contributed by atoms with E-state index in [-0.39, 0.29) is 0 Å². The average molecular weight is 371 g/mol. The summed E-state index contributed by atoms with van der Waals surface area (Å²) in [5.74, 6) is 0. The first-order chi connectivity index (χ1) is 9.18. The van der Waals surface area contributed by atoms with Crippen LogP contribution in [-0.4, -0.2) is 28.3 Å². The molecule has 1 rings (SSSR count). The third kappa shape index (κ3) is 5.13. The number of aromatic nitrogens is 2. The van der Waals surface area contributed by atoms with Crippen LogP contribution in [0.4, 0.5) is 0 Å². The molecular weight excluding hydrogens is 339 g/mol. The van der Waals surface area contributed by atoms with Crippen molar-refractivity contribution in [2.24, 2.45) is 0 Å². The SMILES string of the molecule is CCC[CH2][Sn]([CH2]CCC)([CH2]CCC)[c]1ncc(C)[nH]1. The average Bonchev–Trinajstić information content (AvgIpc) is 2.85. The molecule has 0 saturated heterocycles. The summed E-state index contributed by atoms with van der Waals surface area (Å²) in [7, 11) is 0. The molecule has 1 aromatic heterocycles. The van der Waals surface area contributed by atoms with Crippen molar-refractivity contribution >= 4 is 22.2 Å². The fourth-order valence-corrected chi connectivity index (χ4v) is 18.2. The van der Waals surface area contributed by atoms with Crippen LogP contribution >= 0.6 is 0 Å². The molecule has 1 aromatic rings. The van der Waals surface area contributed by atoms with Crippen LogP contribution in [0.1, 0.15) is 65.0 Å². The van der Waals surface area contributed by atoms with Gasteiger partial charge in [-0.2, -0.15) is 0 Å². The summed E-state index contributed by atoms with van der Waals surface area (Å²) in [4.78, 5) is 8.41. The molecule has 1 heterocycles. The Bertz CT molecular complexity index is 324. The molecule has 19 heavy (non-hydrogen) atoms. The molecule has 0 amide bonds. The van der Waals surface area contributed by atoms with Crippen LogP contribution in [-0.2, 0) is 0 Å². The maximum absolute atomic E-state index is 4.78. The van der Waals surface area contributed by atoms with Crippen molar-refractivity contribution in [2.75, 3.05) is 0 Å². The number of rotatable bonds is 10. The first-order valence-corrected chi connectivity index (χ1v) is 15.7. The molecule has 2 nitrogen and oxygen atoms in total. The Labute approximate surface area is 123 Å². The first kappa shape index (κ1) is 17.1. The number of aryl methyl sites for hydroxylation is 1. The number of hydrogen-bond acceptors (Lipinski definition) is 1. The van der Waals surface area contributed by atoms with Gasteiger partial charge in [-0.15, -0.1) is 0 Å². The minimum atomic E-state index is -2.24. The van der Waals surface area contributed by atoms with E-state index in [1.807, 2.05) is 6.20 Å². The molecule has 0 atom stereocenters. The summed E-state index contributed by atoms with van der Waals surface area (Å²) in [6.07, 6.45) is 10.3. The van der Waals surface area contributed by atoms with E-state index in [2.05, 4.69) is 32.7 Å². The van der Waals surface area contributed by atoms with Gasteiger partial charge < -0.3 is 0 Å². The van der Waals surface area contributed by atoms with Gasteiger partial charge in [0.2, 0.25) is 0 Å². The van der Waals surface area contributed by atoms with Gasteiger partial charge in [0.05, 0.1) is 0 Å². The molecular formula is C16H32N2Sn. The number of H-pyrrole nitrogens is 1. The zero-order chi connectivity index (χ0) is 14.1. The molecule has 1 N–H and O–H groups in total. The Morgan fingerprint density at radius 2 is 1.42 bits per heavy atom. The second-order valence-corrected chi connectivity index (χ2v) is 18.9. The second kappa shape index (κ2) is 9.04. The molecule has 0 aliphatic carbocycles. The van der Waals surface area contributed by atoms with Crippen LogP contribution in [0.3, 0.4) is 0 Å². The number of nitrogens with one attached hydrogen (secondary N) is 1. The number of unbranched alkanes of at least 4 members (excludes halogenated alkanes) is 3. The van der Waals surface area contributed by atoms with Crippen molar-refractivity contribution in [3.63, 3.8) is 0 Å². The van der Waals surface area contributed by atoms with Gasteiger partial charge in [-0.05, 0) is 0 Å². The Balaban J connectivity index is 2.93. The molecule has 0 saturated carbocycles. The number of imidazole rings is 1. The second-order valence-electron chi connectivity index (χ2n) is 6.01. The molecule has 3 heteroatoms. The first-order valence-electron chi connectivity index (χ1n) is 8.20. The van der Waals surface area contributed by atoms with E-state index in [0.717, 1.165) is 0 Å². The summed E-state index contributed by atoms with van der Waals surface area (Å²) < 4.78 is 5.95. The van der Waals surface area contributed by atoms with Crippen LogP contribution < -0.4 is 3.84 Å². The number of nitrogens with zero attached hydrogens (tertiary/aromatic N) is 1. The molecule has 0 bridgehead atoms. The van der Waals surface area contributed by atoms with Crippen molar-refractivity contribution in [3.8, 4) is 0 Å². The zero-order valence-corrected chi connectivity index (χ0v) is 16.2. The van der Waals surface area contributed by atoms with E-state index in [9.17, 15) is 0 Å². The molecule has 0 aliphatic rings. The standard InChI is InChI=1S/C4H5N2.3C4H9.Sn/c1-4-2-5-3-6-4;3*1-3-4-2;/h2H,1H3,(H,5,6);3*1,3-4H2,2H3;. The maximum atomic E-state index is 4.78. The molecule has 0 fully saturated rings. The summed E-state index contributed by atoms with van der Waals surface area (Å²) in [6, 6.07) is 0. The normalized spacial score (nSPS) is 12.0. The third-order valence-corrected chi connectivity index (χ3v) is 19.0. The summed E-state index contributed by atoms with van der Waals surface area (Å²) in [6.45, 7) is 9.11. The van der Waals surface area contributed by atoms with Crippen molar-refractivity contribution in [3.05, 3.63) is 11.9 Å². The van der Waals surface area contributed by atoms with Crippen molar-refractivity contribution in [2.45, 2.75) is 79.5 Å². The summed E-state index contributed by atoms with van der Waals surface area (Å²) in [5.41, 5.74) is 1.25. The van der Waals surface area contributed by atoms with Gasteiger partial charge in [-0.25, -0.2) is 0 Å². The van der Waals surface area contributed by atoms with E-state index < -0.39 is 18.4 Å². The monoisotopic (exact) mass is 372 g/mol. The van der Waals surface area contributed by atoms with E-state index in [0.29, 0.717) is 0 Å². The summed E-state index contributed by atoms with van der Waals surface area (Å²) >= 11 is -2.24. The van der Waals surface area contributed by atoms with Crippen molar-refractivity contribution in [1.29, 1.82) is 0 Å². The van der Waals surface area contributed by atoms with Gasteiger partial charge in [0.25, 0.3) is 0 Å². The van der Waals surface area contributed by atoms with Crippen LogP contribution in [0, 0.1) is 6.92 Å². The number of hydrogen-bond donors (Lipinski definition) is 1. The molecule has 0 aliphatic heterocycles. The molecule has 110 valence electrons. The fourth-order valence-electron chi connectivity index (χ4n) is 2.96. The van der Waals surface area contributed by atoms with Gasteiger partial charge in [-0.3, -0.25) is 0 Å². The zero-order valence-electron chi connectivity index (χ0n) is 13.4. The Morgan fingerprint density at radius 3 is 1.74 bits per heavy atom. The van der Waals surface area contributed by atoms with Crippen LogP contribution in [0.25, 0.3) is 0 Å². The predicted octanol–water partition coefficient (Wildman–Crippen LogP) is 4.77. The molecule has 0 spiro atoms. The molecule has 0 unspecified atom stereocenters. The number of aromatic amines is 1. The van der Waals surface area contributed by atoms with E-state index >= 15 is 0 Å². The third-order valence-electron chi connectivity index (χ3n) is 4.23. The van der Waals surface area contributed by atoms with Gasteiger partial charge in [-0.1, -0.05) is 0 Å². The van der Waals surface area contributed by atoms with Gasteiger partial charge in [0, 0.05) is 0 Å².